The third kappa shape index (κ3) is 3.79. The number of aromatic nitrogens is 1. The van der Waals surface area contributed by atoms with Gasteiger partial charge in [-0.05, 0) is 48.9 Å². The third-order valence-corrected chi connectivity index (χ3v) is 4.56. The second-order valence-electron chi connectivity index (χ2n) is 6.43. The van der Waals surface area contributed by atoms with Crippen molar-refractivity contribution in [3.63, 3.8) is 0 Å². The van der Waals surface area contributed by atoms with Crippen LogP contribution in [0.25, 0.3) is 10.9 Å². The summed E-state index contributed by atoms with van der Waals surface area (Å²) in [6, 6.07) is 15.5. The van der Waals surface area contributed by atoms with E-state index in [-0.39, 0.29) is 18.4 Å². The number of hydrogen-bond acceptors (Lipinski definition) is 3. The molecule has 0 aliphatic carbocycles. The number of halogens is 1. The van der Waals surface area contributed by atoms with E-state index in [9.17, 15) is 4.79 Å². The fourth-order valence-electron chi connectivity index (χ4n) is 3.27. The Labute approximate surface area is 158 Å². The number of pyridine rings is 1. The molecule has 0 saturated carbocycles. The molecule has 1 aromatic heterocycles. The van der Waals surface area contributed by atoms with Gasteiger partial charge in [-0.3, -0.25) is 4.98 Å². The highest BCUT2D eigenvalue weighted by molar-refractivity contribution is 6.05. The van der Waals surface area contributed by atoms with Crippen molar-refractivity contribution in [2.75, 3.05) is 24.2 Å². The van der Waals surface area contributed by atoms with Crippen LogP contribution >= 0.6 is 12.4 Å². The maximum Gasteiger partial charge on any atom is 0.323 e. The Morgan fingerprint density at radius 1 is 1.08 bits per heavy atom. The number of urea groups is 1. The standard InChI is InChI=1S/C20H20N4O.ClH/c1-24-11-9-14-6-7-16(12-15(14)13-24)22-20(25)23-19-8-10-21-18-5-3-2-4-17(18)19;/h2-8,10,12H,9,11,13H2,1H3,(H2,21,22,23,25);1H. The molecule has 2 heterocycles. The van der Waals surface area contributed by atoms with Gasteiger partial charge in [-0.15, -0.1) is 12.4 Å². The SMILES string of the molecule is CN1CCc2ccc(NC(=O)Nc3ccnc4ccccc34)cc2C1.Cl. The molecule has 0 bridgehead atoms. The minimum Gasteiger partial charge on any atom is -0.308 e. The number of anilines is 2. The van der Waals surface area contributed by atoms with Crippen molar-refractivity contribution >= 4 is 40.7 Å². The summed E-state index contributed by atoms with van der Waals surface area (Å²) in [5.74, 6) is 0. The molecule has 1 aliphatic rings. The number of fused-ring (bicyclic) bond motifs is 2. The van der Waals surface area contributed by atoms with Gasteiger partial charge in [0.15, 0.2) is 0 Å². The van der Waals surface area contributed by atoms with Gasteiger partial charge in [0.1, 0.15) is 0 Å². The largest absolute Gasteiger partial charge is 0.323 e. The summed E-state index contributed by atoms with van der Waals surface area (Å²) in [5, 5.41) is 6.78. The maximum absolute atomic E-state index is 12.4. The fourth-order valence-corrected chi connectivity index (χ4v) is 3.27. The maximum atomic E-state index is 12.4. The molecule has 2 N–H and O–H groups in total. The van der Waals surface area contributed by atoms with Gasteiger partial charge >= 0.3 is 6.03 Å². The fraction of sp³-hybridized carbons (Fsp3) is 0.200. The predicted molar refractivity (Wildman–Crippen MR) is 108 cm³/mol. The van der Waals surface area contributed by atoms with Crippen LogP contribution in [0.4, 0.5) is 16.2 Å². The zero-order chi connectivity index (χ0) is 17.2. The number of likely N-dealkylation sites (N-methyl/N-ethyl adjacent to an activating group) is 1. The summed E-state index contributed by atoms with van der Waals surface area (Å²) in [5.41, 5.74) is 5.06. The van der Waals surface area contributed by atoms with E-state index in [2.05, 4.69) is 39.7 Å². The first kappa shape index (κ1) is 18.2. The van der Waals surface area contributed by atoms with E-state index in [1.165, 1.54) is 11.1 Å². The van der Waals surface area contributed by atoms with Gasteiger partial charge in [0, 0.05) is 30.4 Å². The molecule has 0 fully saturated rings. The molecule has 0 atom stereocenters. The van der Waals surface area contributed by atoms with E-state index < -0.39 is 0 Å². The predicted octanol–water partition coefficient (Wildman–Crippen LogP) is 4.29. The molecule has 6 heteroatoms. The van der Waals surface area contributed by atoms with E-state index in [1.54, 1.807) is 6.20 Å². The molecule has 0 spiro atoms. The molecule has 0 saturated heterocycles. The number of benzene rings is 2. The minimum absolute atomic E-state index is 0. The zero-order valence-electron chi connectivity index (χ0n) is 14.5. The minimum atomic E-state index is -0.250. The number of amides is 2. The quantitative estimate of drug-likeness (QED) is 0.709. The summed E-state index contributed by atoms with van der Waals surface area (Å²) < 4.78 is 0. The lowest BCUT2D eigenvalue weighted by atomic mass is 9.99. The molecule has 5 nitrogen and oxygen atoms in total. The summed E-state index contributed by atoms with van der Waals surface area (Å²) in [7, 11) is 2.12. The van der Waals surface area contributed by atoms with E-state index in [0.717, 1.165) is 41.8 Å². The number of rotatable bonds is 2. The monoisotopic (exact) mass is 368 g/mol. The summed E-state index contributed by atoms with van der Waals surface area (Å²) in [6.45, 7) is 2.00. The molecule has 0 radical (unpaired) electrons. The normalized spacial score (nSPS) is 13.6. The first-order chi connectivity index (χ1) is 12.2. The molecule has 2 amide bonds. The average molecular weight is 369 g/mol. The second-order valence-corrected chi connectivity index (χ2v) is 6.43. The van der Waals surface area contributed by atoms with Crippen LogP contribution in [0.5, 0.6) is 0 Å². The van der Waals surface area contributed by atoms with Crippen molar-refractivity contribution in [3.8, 4) is 0 Å². The first-order valence-corrected chi connectivity index (χ1v) is 8.41. The van der Waals surface area contributed by atoms with Gasteiger partial charge in [0.05, 0.1) is 11.2 Å². The Balaban J connectivity index is 0.00000196. The van der Waals surface area contributed by atoms with Crippen LogP contribution in [0.1, 0.15) is 11.1 Å². The van der Waals surface area contributed by atoms with Crippen LogP contribution in [0.15, 0.2) is 54.7 Å². The topological polar surface area (TPSA) is 57.3 Å². The Morgan fingerprint density at radius 2 is 1.92 bits per heavy atom. The van der Waals surface area contributed by atoms with E-state index in [4.69, 9.17) is 0 Å². The summed E-state index contributed by atoms with van der Waals surface area (Å²) in [4.78, 5) is 19.0. The highest BCUT2D eigenvalue weighted by atomic mass is 35.5. The van der Waals surface area contributed by atoms with Crippen LogP contribution in [-0.2, 0) is 13.0 Å². The molecule has 4 rings (SSSR count). The van der Waals surface area contributed by atoms with Crippen LogP contribution in [0.3, 0.4) is 0 Å². The van der Waals surface area contributed by atoms with Crippen molar-refractivity contribution < 1.29 is 4.79 Å². The number of carbonyl (C=O) groups excluding carboxylic acids is 1. The number of nitrogens with one attached hydrogen (secondary N) is 2. The van der Waals surface area contributed by atoms with Gasteiger partial charge in [0.2, 0.25) is 0 Å². The van der Waals surface area contributed by atoms with Crippen molar-refractivity contribution in [2.24, 2.45) is 0 Å². The van der Waals surface area contributed by atoms with Crippen molar-refractivity contribution in [1.82, 2.24) is 9.88 Å². The number of carbonyl (C=O) groups is 1. The second kappa shape index (κ2) is 7.72. The molecule has 26 heavy (non-hydrogen) atoms. The zero-order valence-corrected chi connectivity index (χ0v) is 15.3. The van der Waals surface area contributed by atoms with Crippen LogP contribution in [0.2, 0.25) is 0 Å². The van der Waals surface area contributed by atoms with Crippen LogP contribution in [-0.4, -0.2) is 29.5 Å². The molecule has 0 unspecified atom stereocenters. The van der Waals surface area contributed by atoms with Gasteiger partial charge < -0.3 is 15.5 Å². The summed E-state index contributed by atoms with van der Waals surface area (Å²) in [6.07, 6.45) is 2.76. The Kier molecular flexibility index (Phi) is 5.40. The Morgan fingerprint density at radius 3 is 2.81 bits per heavy atom. The lowest BCUT2D eigenvalue weighted by Crippen LogP contribution is -2.27. The van der Waals surface area contributed by atoms with Crippen molar-refractivity contribution in [2.45, 2.75) is 13.0 Å². The van der Waals surface area contributed by atoms with Gasteiger partial charge in [0.25, 0.3) is 0 Å². The van der Waals surface area contributed by atoms with Gasteiger partial charge in [-0.2, -0.15) is 0 Å². The van der Waals surface area contributed by atoms with Crippen LogP contribution < -0.4 is 10.6 Å². The lowest BCUT2D eigenvalue weighted by Gasteiger charge is -2.25. The number of para-hydroxylation sites is 1. The Bertz CT molecular complexity index is 939. The van der Waals surface area contributed by atoms with Gasteiger partial charge in [-0.1, -0.05) is 24.3 Å². The molecular weight excluding hydrogens is 348 g/mol. The average Bonchev–Trinajstić information content (AvgIpc) is 2.61. The highest BCUT2D eigenvalue weighted by Gasteiger charge is 2.14. The molecule has 1 aliphatic heterocycles. The van der Waals surface area contributed by atoms with Gasteiger partial charge in [-0.25, -0.2) is 4.79 Å². The molecule has 2 aromatic carbocycles. The van der Waals surface area contributed by atoms with Crippen LogP contribution in [0, 0.1) is 0 Å². The Hall–Kier alpha value is -2.63. The molecule has 134 valence electrons. The van der Waals surface area contributed by atoms with E-state index in [1.807, 2.05) is 36.4 Å². The van der Waals surface area contributed by atoms with Crippen molar-refractivity contribution in [1.29, 1.82) is 0 Å². The van der Waals surface area contributed by atoms with E-state index in [0.29, 0.717) is 0 Å². The number of hydrogen-bond donors (Lipinski definition) is 2. The lowest BCUT2D eigenvalue weighted by molar-refractivity contribution is 0.262. The number of nitrogens with zero attached hydrogens (tertiary/aromatic N) is 2. The highest BCUT2D eigenvalue weighted by Crippen LogP contribution is 2.23. The third-order valence-electron chi connectivity index (χ3n) is 4.56. The first-order valence-electron chi connectivity index (χ1n) is 8.41. The molecular formula is C20H21ClN4O. The van der Waals surface area contributed by atoms with Crippen molar-refractivity contribution in [3.05, 3.63) is 65.9 Å². The summed E-state index contributed by atoms with van der Waals surface area (Å²) >= 11 is 0. The molecule has 3 aromatic rings. The van der Waals surface area contributed by atoms with E-state index >= 15 is 0 Å². The smallest absolute Gasteiger partial charge is 0.308 e.